The van der Waals surface area contributed by atoms with E-state index in [0.29, 0.717) is 47.4 Å². The van der Waals surface area contributed by atoms with Crippen LogP contribution in [0, 0.1) is 29.8 Å². The number of halogens is 2. The lowest BCUT2D eigenvalue weighted by Crippen LogP contribution is -2.05. The summed E-state index contributed by atoms with van der Waals surface area (Å²) in [6, 6.07) is 10.6. The van der Waals surface area contributed by atoms with Gasteiger partial charge in [0, 0.05) is 40.7 Å². The Labute approximate surface area is 215 Å². The molecular weight excluding hydrogens is 551 g/mol. The van der Waals surface area contributed by atoms with Crippen LogP contribution in [-0.4, -0.2) is 19.9 Å². The van der Waals surface area contributed by atoms with Gasteiger partial charge in [-0.15, -0.1) is 11.3 Å². The highest BCUT2D eigenvalue weighted by molar-refractivity contribution is 9.10. The summed E-state index contributed by atoms with van der Waals surface area (Å²) in [6.07, 6.45) is 3.07. The molecule has 0 bridgehead atoms. The monoisotopic (exact) mass is 566 g/mol. The first-order valence-electron chi connectivity index (χ1n) is 10.6. The molecule has 0 aliphatic rings. The summed E-state index contributed by atoms with van der Waals surface area (Å²) in [5.41, 5.74) is 2.63. The van der Waals surface area contributed by atoms with Gasteiger partial charge in [-0.3, -0.25) is 14.9 Å². The van der Waals surface area contributed by atoms with Crippen LogP contribution in [-0.2, 0) is 0 Å². The molecule has 180 valence electrons. The highest BCUT2D eigenvalue weighted by atomic mass is 79.9. The number of fused-ring (bicyclic) bond motifs is 1. The number of aryl methyl sites for hydroxylation is 2. The first kappa shape index (κ1) is 23.8. The third-order valence-corrected chi connectivity index (χ3v) is 7.69. The zero-order valence-electron chi connectivity index (χ0n) is 18.8. The zero-order valence-corrected chi connectivity index (χ0v) is 21.2. The maximum atomic E-state index is 15.2. The van der Waals surface area contributed by atoms with Gasteiger partial charge >= 0.3 is 6.01 Å². The summed E-state index contributed by atoms with van der Waals surface area (Å²) < 4.78 is 22.1. The molecular formula is C25H16BrFN4O4S. The average molecular weight is 567 g/mol. The number of thiophene rings is 1. The Morgan fingerprint density at radius 1 is 1.17 bits per heavy atom. The number of aromatic amines is 1. The second-order valence-corrected chi connectivity index (χ2v) is 9.84. The summed E-state index contributed by atoms with van der Waals surface area (Å²) in [4.78, 5) is 35.2. The van der Waals surface area contributed by atoms with Crippen molar-refractivity contribution in [3.8, 4) is 33.3 Å². The Balaban J connectivity index is 1.70. The van der Waals surface area contributed by atoms with Gasteiger partial charge in [0.15, 0.2) is 11.6 Å². The van der Waals surface area contributed by atoms with Crippen molar-refractivity contribution in [3.63, 3.8) is 0 Å². The molecule has 0 amide bonds. The molecule has 1 N–H and O–H groups in total. The number of rotatable bonds is 5. The molecule has 0 spiro atoms. The van der Waals surface area contributed by atoms with E-state index in [9.17, 15) is 14.9 Å². The second-order valence-electron chi connectivity index (χ2n) is 7.96. The van der Waals surface area contributed by atoms with E-state index < -0.39 is 10.7 Å². The van der Waals surface area contributed by atoms with E-state index in [1.165, 1.54) is 41.8 Å². The third kappa shape index (κ3) is 4.27. The highest BCUT2D eigenvalue weighted by Crippen LogP contribution is 2.47. The molecule has 2 aromatic carbocycles. The Hall–Kier alpha value is -3.96. The van der Waals surface area contributed by atoms with Crippen LogP contribution in [0.5, 0.6) is 11.8 Å². The maximum Gasteiger partial charge on any atom is 0.322 e. The molecule has 3 aromatic heterocycles. The van der Waals surface area contributed by atoms with E-state index in [2.05, 4.69) is 30.9 Å². The predicted octanol–water partition coefficient (Wildman–Crippen LogP) is 6.93. The Morgan fingerprint density at radius 2 is 1.97 bits per heavy atom. The number of non-ortho nitro benzene ring substituents is 1. The molecule has 5 rings (SSSR count). The quantitative estimate of drug-likeness (QED) is 0.182. The van der Waals surface area contributed by atoms with Crippen LogP contribution in [0.15, 0.2) is 64.1 Å². The van der Waals surface area contributed by atoms with E-state index in [0.717, 1.165) is 0 Å². The summed E-state index contributed by atoms with van der Waals surface area (Å²) in [6.45, 7) is 3.53. The molecule has 0 saturated heterocycles. The van der Waals surface area contributed by atoms with Gasteiger partial charge in [-0.2, -0.15) is 0 Å². The fourth-order valence-corrected chi connectivity index (χ4v) is 5.75. The van der Waals surface area contributed by atoms with Crippen LogP contribution in [0.4, 0.5) is 10.1 Å². The number of benzene rings is 2. The van der Waals surface area contributed by atoms with Crippen molar-refractivity contribution in [3.05, 3.63) is 96.9 Å². The van der Waals surface area contributed by atoms with E-state index in [1.807, 2.05) is 0 Å². The van der Waals surface area contributed by atoms with E-state index in [-0.39, 0.29) is 23.0 Å². The Kier molecular flexibility index (Phi) is 6.10. The number of nitrogens with zero attached hydrogens (tertiary/aromatic N) is 3. The number of aromatic nitrogens is 3. The lowest BCUT2D eigenvalue weighted by Gasteiger charge is -2.10. The van der Waals surface area contributed by atoms with Crippen LogP contribution >= 0.6 is 27.3 Å². The number of pyridine rings is 1. The fraction of sp³-hybridized carbons (Fsp3) is 0.0800. The average Bonchev–Trinajstić information content (AvgIpc) is 3.24. The van der Waals surface area contributed by atoms with Crippen molar-refractivity contribution in [1.29, 1.82) is 0 Å². The molecule has 3 heterocycles. The van der Waals surface area contributed by atoms with Crippen molar-refractivity contribution in [1.82, 2.24) is 15.0 Å². The minimum Gasteiger partial charge on any atom is -0.421 e. The molecule has 36 heavy (non-hydrogen) atoms. The third-order valence-electron chi connectivity index (χ3n) is 5.54. The van der Waals surface area contributed by atoms with Gasteiger partial charge in [0.2, 0.25) is 0 Å². The van der Waals surface area contributed by atoms with Crippen LogP contribution in [0.3, 0.4) is 0 Å². The molecule has 0 fully saturated rings. The molecule has 0 aliphatic carbocycles. The number of ether oxygens (including phenoxy) is 1. The van der Waals surface area contributed by atoms with E-state index in [4.69, 9.17) is 4.74 Å². The SMILES string of the molecule is Cc1ccnc(Oc2ccc(-c3c(-c4ccc([N+](=O)[O-])cc4C)sc4c(Br)c[nH]c(=O)c34)cc2F)n1. The van der Waals surface area contributed by atoms with Gasteiger partial charge in [0.25, 0.3) is 11.2 Å². The predicted molar refractivity (Wildman–Crippen MR) is 139 cm³/mol. The van der Waals surface area contributed by atoms with Gasteiger partial charge < -0.3 is 9.72 Å². The van der Waals surface area contributed by atoms with E-state index in [1.54, 1.807) is 38.2 Å². The highest BCUT2D eigenvalue weighted by Gasteiger charge is 2.23. The van der Waals surface area contributed by atoms with Crippen molar-refractivity contribution < 1.29 is 14.1 Å². The molecule has 0 atom stereocenters. The molecule has 11 heteroatoms. The van der Waals surface area contributed by atoms with Crippen LogP contribution in [0.2, 0.25) is 0 Å². The van der Waals surface area contributed by atoms with E-state index >= 15 is 4.39 Å². The number of hydrogen-bond acceptors (Lipinski definition) is 7. The number of nitrogens with one attached hydrogen (secondary N) is 1. The summed E-state index contributed by atoms with van der Waals surface area (Å²) in [5, 5.41) is 11.6. The smallest absolute Gasteiger partial charge is 0.322 e. The summed E-state index contributed by atoms with van der Waals surface area (Å²) >= 11 is 4.83. The van der Waals surface area contributed by atoms with Crippen molar-refractivity contribution >= 4 is 43.0 Å². The topological polar surface area (TPSA) is 111 Å². The second kappa shape index (κ2) is 9.25. The van der Waals surface area contributed by atoms with Crippen molar-refractivity contribution in [2.75, 3.05) is 0 Å². The number of H-pyrrole nitrogens is 1. The van der Waals surface area contributed by atoms with Gasteiger partial charge in [0.05, 0.1) is 19.5 Å². The van der Waals surface area contributed by atoms with Gasteiger partial charge in [-0.25, -0.2) is 14.4 Å². The van der Waals surface area contributed by atoms with Gasteiger partial charge in [-0.05, 0) is 70.7 Å². The number of nitro benzene ring substituents is 1. The number of hydrogen-bond donors (Lipinski definition) is 1. The Bertz CT molecular complexity index is 1730. The summed E-state index contributed by atoms with van der Waals surface area (Å²) in [5.74, 6) is -0.721. The van der Waals surface area contributed by atoms with Gasteiger partial charge in [-0.1, -0.05) is 6.07 Å². The largest absolute Gasteiger partial charge is 0.421 e. The molecule has 0 unspecified atom stereocenters. The lowest BCUT2D eigenvalue weighted by molar-refractivity contribution is -0.384. The zero-order chi connectivity index (χ0) is 25.6. The first-order valence-corrected chi connectivity index (χ1v) is 12.2. The molecule has 0 radical (unpaired) electrons. The first-order chi connectivity index (χ1) is 17.2. The molecule has 0 saturated carbocycles. The number of nitro groups is 1. The fourth-order valence-electron chi connectivity index (χ4n) is 3.88. The van der Waals surface area contributed by atoms with Crippen molar-refractivity contribution in [2.24, 2.45) is 0 Å². The van der Waals surface area contributed by atoms with Crippen LogP contribution < -0.4 is 10.3 Å². The summed E-state index contributed by atoms with van der Waals surface area (Å²) in [7, 11) is 0. The maximum absolute atomic E-state index is 15.2. The standard InChI is InChI=1S/C25H16BrFN4O4S/c1-12-9-15(31(33)34)4-5-16(12)22-20(21-23(36-22)17(26)11-29-24(21)32)14-3-6-19(18(27)10-14)35-25-28-8-7-13(2)30-25/h3-11H,1-2H3,(H,29,32). The Morgan fingerprint density at radius 3 is 2.67 bits per heavy atom. The van der Waals surface area contributed by atoms with Crippen LogP contribution in [0.25, 0.3) is 31.7 Å². The minimum absolute atomic E-state index is 0.0187. The molecule has 0 aliphatic heterocycles. The minimum atomic E-state index is -0.658. The van der Waals surface area contributed by atoms with Crippen LogP contribution in [0.1, 0.15) is 11.3 Å². The normalized spacial score (nSPS) is 11.1. The molecule has 8 nitrogen and oxygen atoms in total. The molecule has 5 aromatic rings. The van der Waals surface area contributed by atoms with Gasteiger partial charge in [0.1, 0.15) is 0 Å². The lowest BCUT2D eigenvalue weighted by atomic mass is 9.97. The van der Waals surface area contributed by atoms with Crippen molar-refractivity contribution in [2.45, 2.75) is 13.8 Å².